The zero-order valence-corrected chi connectivity index (χ0v) is 10.4. The zero-order valence-electron chi connectivity index (χ0n) is 10.4. The van der Waals surface area contributed by atoms with Crippen LogP contribution in [0.2, 0.25) is 0 Å². The van der Waals surface area contributed by atoms with E-state index in [1.807, 2.05) is 24.3 Å². The first-order chi connectivity index (χ1) is 8.84. The molecule has 1 aliphatic heterocycles. The lowest BCUT2D eigenvalue weighted by molar-refractivity contribution is -0.245. The van der Waals surface area contributed by atoms with Gasteiger partial charge in [-0.15, -0.1) is 0 Å². The Morgan fingerprint density at radius 3 is 2.33 bits per heavy atom. The van der Waals surface area contributed by atoms with Gasteiger partial charge >= 0.3 is 0 Å². The summed E-state index contributed by atoms with van der Waals surface area (Å²) >= 11 is 0. The van der Waals surface area contributed by atoms with Gasteiger partial charge in [-0.1, -0.05) is 54.6 Å². The van der Waals surface area contributed by atoms with Crippen molar-refractivity contribution in [3.8, 4) is 0 Å². The van der Waals surface area contributed by atoms with E-state index in [0.717, 1.165) is 12.0 Å². The molecule has 0 fully saturated rings. The summed E-state index contributed by atoms with van der Waals surface area (Å²) in [6, 6.07) is 18.5. The Morgan fingerprint density at radius 2 is 1.61 bits per heavy atom. The van der Waals surface area contributed by atoms with Gasteiger partial charge in [0.1, 0.15) is 0 Å². The van der Waals surface area contributed by atoms with Gasteiger partial charge in [0.15, 0.2) is 5.79 Å². The molecule has 3 rings (SSSR count). The van der Waals surface area contributed by atoms with Crippen LogP contribution in [0, 0.1) is 0 Å². The Balaban J connectivity index is 2.01. The van der Waals surface area contributed by atoms with Crippen molar-refractivity contribution in [2.75, 3.05) is 7.11 Å². The van der Waals surface area contributed by atoms with Crippen molar-refractivity contribution in [3.05, 3.63) is 71.3 Å². The van der Waals surface area contributed by atoms with Crippen LogP contribution in [0.25, 0.3) is 0 Å². The van der Waals surface area contributed by atoms with Crippen LogP contribution in [0.15, 0.2) is 54.6 Å². The van der Waals surface area contributed by atoms with Crippen LogP contribution >= 0.6 is 0 Å². The lowest BCUT2D eigenvalue weighted by Gasteiger charge is -2.37. The number of benzene rings is 2. The van der Waals surface area contributed by atoms with Crippen molar-refractivity contribution in [1.82, 2.24) is 0 Å². The van der Waals surface area contributed by atoms with Crippen molar-refractivity contribution < 1.29 is 9.47 Å². The number of methoxy groups -OCH3 is 1. The van der Waals surface area contributed by atoms with Crippen LogP contribution in [0.3, 0.4) is 0 Å². The molecule has 2 aromatic rings. The third kappa shape index (κ3) is 1.84. The maximum Gasteiger partial charge on any atom is 0.199 e. The van der Waals surface area contributed by atoms with Gasteiger partial charge in [0.2, 0.25) is 0 Å². The zero-order chi connectivity index (χ0) is 12.4. The summed E-state index contributed by atoms with van der Waals surface area (Å²) in [7, 11) is 1.71. The third-order valence-electron chi connectivity index (χ3n) is 3.55. The molecule has 92 valence electrons. The van der Waals surface area contributed by atoms with Crippen LogP contribution < -0.4 is 0 Å². The van der Waals surface area contributed by atoms with Crippen molar-refractivity contribution >= 4 is 0 Å². The SMILES string of the molecule is COC1(c2ccccc2)Cc2ccccc2CO1. The molecule has 2 aromatic carbocycles. The highest BCUT2D eigenvalue weighted by Gasteiger charge is 2.37. The predicted octanol–water partition coefficient (Wildman–Crippen LogP) is 3.26. The minimum atomic E-state index is -0.643. The minimum absolute atomic E-state index is 0.596. The molecule has 0 aliphatic carbocycles. The normalized spacial score (nSPS) is 22.5. The molecule has 1 unspecified atom stereocenters. The van der Waals surface area contributed by atoms with Gasteiger partial charge in [-0.2, -0.15) is 0 Å². The molecule has 0 bridgehead atoms. The molecule has 0 radical (unpaired) electrons. The summed E-state index contributed by atoms with van der Waals surface area (Å²) in [6.07, 6.45) is 0.754. The number of fused-ring (bicyclic) bond motifs is 1. The summed E-state index contributed by atoms with van der Waals surface area (Å²) < 4.78 is 11.7. The Labute approximate surface area is 107 Å². The second-order valence-electron chi connectivity index (χ2n) is 4.56. The minimum Gasteiger partial charge on any atom is -0.349 e. The first kappa shape index (κ1) is 11.5. The lowest BCUT2D eigenvalue weighted by atomic mass is 9.92. The van der Waals surface area contributed by atoms with E-state index in [0.29, 0.717) is 6.61 Å². The van der Waals surface area contributed by atoms with Crippen LogP contribution in [0.5, 0.6) is 0 Å². The molecule has 1 aliphatic rings. The molecule has 0 spiro atoms. The maximum absolute atomic E-state index is 6.01. The molecule has 0 N–H and O–H groups in total. The Bertz CT molecular complexity index is 536. The van der Waals surface area contributed by atoms with Gasteiger partial charge in [-0.3, -0.25) is 0 Å². The van der Waals surface area contributed by atoms with E-state index in [1.165, 1.54) is 11.1 Å². The smallest absolute Gasteiger partial charge is 0.199 e. The quantitative estimate of drug-likeness (QED) is 0.802. The standard InChI is InChI=1S/C16H16O2/c1-17-16(15-9-3-2-4-10-15)11-13-7-5-6-8-14(13)12-18-16/h2-10H,11-12H2,1H3. The highest BCUT2D eigenvalue weighted by atomic mass is 16.7. The number of rotatable bonds is 2. The molecule has 1 heterocycles. The maximum atomic E-state index is 6.01. The van der Waals surface area contributed by atoms with Crippen LogP contribution in [-0.2, 0) is 28.3 Å². The van der Waals surface area contributed by atoms with E-state index >= 15 is 0 Å². The van der Waals surface area contributed by atoms with Gasteiger partial charge < -0.3 is 9.47 Å². The average molecular weight is 240 g/mol. The molecular formula is C16H16O2. The molecule has 2 heteroatoms. The second-order valence-corrected chi connectivity index (χ2v) is 4.56. The van der Waals surface area contributed by atoms with E-state index in [2.05, 4.69) is 30.3 Å². The topological polar surface area (TPSA) is 18.5 Å². The largest absolute Gasteiger partial charge is 0.349 e. The van der Waals surface area contributed by atoms with Crippen molar-refractivity contribution in [2.24, 2.45) is 0 Å². The number of hydrogen-bond donors (Lipinski definition) is 0. The van der Waals surface area contributed by atoms with Gasteiger partial charge in [0.05, 0.1) is 6.61 Å². The summed E-state index contributed by atoms with van der Waals surface area (Å²) in [5.74, 6) is -0.643. The van der Waals surface area contributed by atoms with E-state index in [1.54, 1.807) is 7.11 Å². The fourth-order valence-electron chi connectivity index (χ4n) is 2.49. The molecule has 0 aromatic heterocycles. The first-order valence-corrected chi connectivity index (χ1v) is 6.15. The van der Waals surface area contributed by atoms with E-state index in [-0.39, 0.29) is 0 Å². The Kier molecular flexibility index (Phi) is 2.90. The summed E-state index contributed by atoms with van der Waals surface area (Å²) in [5, 5.41) is 0. The van der Waals surface area contributed by atoms with E-state index in [4.69, 9.17) is 9.47 Å². The summed E-state index contributed by atoms with van der Waals surface area (Å²) in [5.41, 5.74) is 3.62. The van der Waals surface area contributed by atoms with Crippen LogP contribution in [0.1, 0.15) is 16.7 Å². The van der Waals surface area contributed by atoms with Gasteiger partial charge in [0.25, 0.3) is 0 Å². The van der Waals surface area contributed by atoms with Crippen molar-refractivity contribution in [1.29, 1.82) is 0 Å². The Hall–Kier alpha value is -1.64. The summed E-state index contributed by atoms with van der Waals surface area (Å²) in [4.78, 5) is 0. The fourth-order valence-corrected chi connectivity index (χ4v) is 2.49. The van der Waals surface area contributed by atoms with Crippen LogP contribution in [0.4, 0.5) is 0 Å². The molecule has 2 nitrogen and oxygen atoms in total. The van der Waals surface area contributed by atoms with E-state index < -0.39 is 5.79 Å². The highest BCUT2D eigenvalue weighted by molar-refractivity contribution is 5.32. The molecule has 18 heavy (non-hydrogen) atoms. The molecular weight excluding hydrogens is 224 g/mol. The predicted molar refractivity (Wildman–Crippen MR) is 70.1 cm³/mol. The van der Waals surface area contributed by atoms with Crippen molar-refractivity contribution in [2.45, 2.75) is 18.8 Å². The van der Waals surface area contributed by atoms with E-state index in [9.17, 15) is 0 Å². The number of hydrogen-bond acceptors (Lipinski definition) is 2. The first-order valence-electron chi connectivity index (χ1n) is 6.15. The molecule has 0 amide bonds. The van der Waals surface area contributed by atoms with Crippen molar-refractivity contribution in [3.63, 3.8) is 0 Å². The fraction of sp³-hybridized carbons (Fsp3) is 0.250. The highest BCUT2D eigenvalue weighted by Crippen LogP contribution is 2.36. The summed E-state index contributed by atoms with van der Waals surface area (Å²) in [6.45, 7) is 0.596. The van der Waals surface area contributed by atoms with Gasteiger partial charge in [-0.05, 0) is 11.1 Å². The van der Waals surface area contributed by atoms with Gasteiger partial charge in [0, 0.05) is 19.1 Å². The average Bonchev–Trinajstić information content (AvgIpc) is 2.47. The Morgan fingerprint density at radius 1 is 0.944 bits per heavy atom. The molecule has 0 saturated heterocycles. The lowest BCUT2D eigenvalue weighted by Crippen LogP contribution is -2.37. The monoisotopic (exact) mass is 240 g/mol. The third-order valence-corrected chi connectivity index (χ3v) is 3.55. The van der Waals surface area contributed by atoms with Gasteiger partial charge in [-0.25, -0.2) is 0 Å². The molecule has 0 saturated carbocycles. The number of ether oxygens (including phenoxy) is 2. The molecule has 1 atom stereocenters. The van der Waals surface area contributed by atoms with Crippen LogP contribution in [-0.4, -0.2) is 7.11 Å². The second kappa shape index (κ2) is 4.56.